The van der Waals surface area contributed by atoms with Gasteiger partial charge in [0.25, 0.3) is 5.91 Å². The number of nitrogens with zero attached hydrogens (tertiary/aromatic N) is 4. The van der Waals surface area contributed by atoms with Crippen molar-refractivity contribution in [1.82, 2.24) is 14.9 Å². The van der Waals surface area contributed by atoms with Crippen molar-refractivity contribution in [2.45, 2.75) is 13.8 Å². The number of aromatic nitrogens is 2. The van der Waals surface area contributed by atoms with Crippen molar-refractivity contribution in [3.8, 4) is 0 Å². The highest BCUT2D eigenvalue weighted by Crippen LogP contribution is 2.21. The molecule has 1 N–H and O–H groups in total. The van der Waals surface area contributed by atoms with Gasteiger partial charge in [-0.15, -0.1) is 0 Å². The van der Waals surface area contributed by atoms with Crippen molar-refractivity contribution >= 4 is 29.0 Å². The first kappa shape index (κ1) is 17.6. The van der Waals surface area contributed by atoms with Gasteiger partial charge in [-0.2, -0.15) is 0 Å². The fraction of sp³-hybridized carbons (Fsp3) is 0.389. The summed E-state index contributed by atoms with van der Waals surface area (Å²) in [6, 6.07) is 7.18. The minimum absolute atomic E-state index is 0.268. The Kier molecular flexibility index (Phi) is 5.50. The number of hydrogen-bond donors (Lipinski definition) is 1. The molecule has 1 fully saturated rings. The zero-order valence-corrected chi connectivity index (χ0v) is 15.3. The number of rotatable bonds is 4. The zero-order chi connectivity index (χ0) is 17.8. The number of nitrogens with one attached hydrogen (secondary N) is 1. The fourth-order valence-corrected chi connectivity index (χ4v) is 2.98. The lowest BCUT2D eigenvalue weighted by Gasteiger charge is -2.34. The molecule has 3 rings (SSSR count). The number of amides is 1. The Morgan fingerprint density at radius 3 is 2.64 bits per heavy atom. The number of likely N-dealkylation sites (N-methyl/N-ethyl adjacent to an activating group) is 1. The molecule has 25 heavy (non-hydrogen) atoms. The molecule has 0 spiro atoms. The lowest BCUT2D eigenvalue weighted by molar-refractivity contribution is 0.102. The van der Waals surface area contributed by atoms with Crippen LogP contribution in [0.4, 0.5) is 11.5 Å². The third-order valence-corrected chi connectivity index (χ3v) is 4.87. The van der Waals surface area contributed by atoms with E-state index in [1.54, 1.807) is 12.1 Å². The molecule has 0 aliphatic carbocycles. The van der Waals surface area contributed by atoms with Crippen LogP contribution in [0, 0.1) is 6.92 Å². The molecule has 1 aromatic heterocycles. The Bertz CT molecular complexity index is 759. The van der Waals surface area contributed by atoms with Crippen LogP contribution in [0.5, 0.6) is 0 Å². The molecular formula is C18H22ClN5O. The van der Waals surface area contributed by atoms with Crippen LogP contribution in [-0.2, 0) is 0 Å². The van der Waals surface area contributed by atoms with Gasteiger partial charge in [0.2, 0.25) is 0 Å². The van der Waals surface area contributed by atoms with Gasteiger partial charge in [0, 0.05) is 43.0 Å². The number of hydrogen-bond acceptors (Lipinski definition) is 5. The maximum Gasteiger partial charge on any atom is 0.274 e. The van der Waals surface area contributed by atoms with Gasteiger partial charge in [0.1, 0.15) is 17.8 Å². The van der Waals surface area contributed by atoms with E-state index in [1.807, 2.05) is 19.1 Å². The Balaban J connectivity index is 1.70. The Morgan fingerprint density at radius 1 is 1.20 bits per heavy atom. The van der Waals surface area contributed by atoms with Crippen LogP contribution < -0.4 is 10.2 Å². The van der Waals surface area contributed by atoms with Crippen molar-refractivity contribution in [3.63, 3.8) is 0 Å². The molecular weight excluding hydrogens is 338 g/mol. The second-order valence-electron chi connectivity index (χ2n) is 6.10. The van der Waals surface area contributed by atoms with Gasteiger partial charge < -0.3 is 15.1 Å². The third kappa shape index (κ3) is 4.27. The third-order valence-electron chi connectivity index (χ3n) is 4.46. The molecule has 0 radical (unpaired) electrons. The van der Waals surface area contributed by atoms with E-state index in [0.717, 1.165) is 44.1 Å². The van der Waals surface area contributed by atoms with Crippen LogP contribution in [0.15, 0.2) is 30.6 Å². The minimum atomic E-state index is -0.268. The van der Waals surface area contributed by atoms with Crippen LogP contribution >= 0.6 is 11.6 Å². The van der Waals surface area contributed by atoms with Crippen molar-refractivity contribution in [2.24, 2.45) is 0 Å². The molecule has 132 valence electrons. The van der Waals surface area contributed by atoms with Crippen molar-refractivity contribution < 1.29 is 4.79 Å². The predicted octanol–water partition coefficient (Wildman–Crippen LogP) is 2.83. The summed E-state index contributed by atoms with van der Waals surface area (Å²) in [7, 11) is 0. The van der Waals surface area contributed by atoms with Gasteiger partial charge in [-0.1, -0.05) is 24.6 Å². The Hall–Kier alpha value is -2.18. The quantitative estimate of drug-likeness (QED) is 0.909. The van der Waals surface area contributed by atoms with Crippen LogP contribution in [0.1, 0.15) is 23.0 Å². The average Bonchev–Trinajstić information content (AvgIpc) is 2.65. The van der Waals surface area contributed by atoms with Gasteiger partial charge in [0.05, 0.1) is 0 Å². The van der Waals surface area contributed by atoms with Crippen LogP contribution in [-0.4, -0.2) is 53.5 Å². The van der Waals surface area contributed by atoms with E-state index in [2.05, 4.69) is 32.0 Å². The minimum Gasteiger partial charge on any atom is -0.354 e. The van der Waals surface area contributed by atoms with Crippen LogP contribution in [0.3, 0.4) is 0 Å². The number of halogens is 1. The largest absolute Gasteiger partial charge is 0.354 e. The van der Waals surface area contributed by atoms with E-state index in [1.165, 1.54) is 6.33 Å². The number of carbonyl (C=O) groups excluding carboxylic acids is 1. The molecule has 2 aromatic rings. The van der Waals surface area contributed by atoms with E-state index in [-0.39, 0.29) is 5.91 Å². The zero-order valence-electron chi connectivity index (χ0n) is 14.5. The summed E-state index contributed by atoms with van der Waals surface area (Å²) in [5, 5.41) is 3.45. The fourth-order valence-electron chi connectivity index (χ4n) is 2.80. The molecule has 1 aromatic carbocycles. The average molecular weight is 360 g/mol. The first-order chi connectivity index (χ1) is 12.1. The number of carbonyl (C=O) groups is 1. The van der Waals surface area contributed by atoms with Gasteiger partial charge >= 0.3 is 0 Å². The predicted molar refractivity (Wildman–Crippen MR) is 101 cm³/mol. The maximum atomic E-state index is 12.5. The highest BCUT2D eigenvalue weighted by molar-refractivity contribution is 6.31. The molecule has 6 nitrogen and oxygen atoms in total. The standard InChI is InChI=1S/C18H22ClN5O/c1-3-23-6-8-24(9-7-23)17-11-16(20-12-21-17)18(25)22-14-5-4-13(2)15(19)10-14/h4-5,10-12H,3,6-9H2,1-2H3,(H,22,25). The van der Waals surface area contributed by atoms with E-state index in [4.69, 9.17) is 11.6 Å². The first-order valence-electron chi connectivity index (χ1n) is 8.43. The summed E-state index contributed by atoms with van der Waals surface area (Å²) in [5.74, 6) is 0.522. The molecule has 0 unspecified atom stereocenters. The summed E-state index contributed by atoms with van der Waals surface area (Å²) in [6.07, 6.45) is 1.44. The Morgan fingerprint density at radius 2 is 1.96 bits per heavy atom. The summed E-state index contributed by atoms with van der Waals surface area (Å²) < 4.78 is 0. The number of anilines is 2. The molecule has 1 aliphatic heterocycles. The molecule has 0 bridgehead atoms. The topological polar surface area (TPSA) is 61.4 Å². The lowest BCUT2D eigenvalue weighted by atomic mass is 10.2. The SMILES string of the molecule is CCN1CCN(c2cc(C(=O)Nc3ccc(C)c(Cl)c3)ncn2)CC1. The van der Waals surface area contributed by atoms with Gasteiger partial charge in [-0.05, 0) is 31.2 Å². The monoisotopic (exact) mass is 359 g/mol. The Labute approximate surface area is 152 Å². The van der Waals surface area contributed by atoms with Crippen molar-refractivity contribution in [3.05, 3.63) is 46.9 Å². The maximum absolute atomic E-state index is 12.5. The second-order valence-corrected chi connectivity index (χ2v) is 6.51. The molecule has 0 saturated carbocycles. The van der Waals surface area contributed by atoms with E-state index >= 15 is 0 Å². The van der Waals surface area contributed by atoms with Gasteiger partial charge in [0.15, 0.2) is 0 Å². The molecule has 2 heterocycles. The van der Waals surface area contributed by atoms with E-state index in [9.17, 15) is 4.79 Å². The van der Waals surface area contributed by atoms with Gasteiger partial charge in [-0.3, -0.25) is 4.79 Å². The van der Waals surface area contributed by atoms with Crippen LogP contribution in [0.2, 0.25) is 5.02 Å². The number of piperazine rings is 1. The van der Waals surface area contributed by atoms with Crippen molar-refractivity contribution in [2.75, 3.05) is 42.9 Å². The summed E-state index contributed by atoms with van der Waals surface area (Å²) in [5.41, 5.74) is 1.96. The summed E-state index contributed by atoms with van der Waals surface area (Å²) in [4.78, 5) is 25.5. The van der Waals surface area contributed by atoms with Crippen molar-refractivity contribution in [1.29, 1.82) is 0 Å². The summed E-state index contributed by atoms with van der Waals surface area (Å²) >= 11 is 6.11. The molecule has 1 saturated heterocycles. The number of aryl methyl sites for hydroxylation is 1. The lowest BCUT2D eigenvalue weighted by Crippen LogP contribution is -2.46. The highest BCUT2D eigenvalue weighted by Gasteiger charge is 2.18. The number of benzene rings is 1. The normalized spacial score (nSPS) is 15.2. The van der Waals surface area contributed by atoms with Gasteiger partial charge in [-0.25, -0.2) is 9.97 Å². The highest BCUT2D eigenvalue weighted by atomic mass is 35.5. The van der Waals surface area contributed by atoms with Crippen LogP contribution in [0.25, 0.3) is 0 Å². The summed E-state index contributed by atoms with van der Waals surface area (Å²) in [6.45, 7) is 8.96. The van der Waals surface area contributed by atoms with E-state index < -0.39 is 0 Å². The smallest absolute Gasteiger partial charge is 0.274 e. The molecule has 7 heteroatoms. The first-order valence-corrected chi connectivity index (χ1v) is 8.81. The second kappa shape index (κ2) is 7.80. The molecule has 0 atom stereocenters. The molecule has 1 aliphatic rings. The van der Waals surface area contributed by atoms with E-state index in [0.29, 0.717) is 16.4 Å². The molecule has 1 amide bonds.